The molecule has 2 aromatic carbocycles. The van der Waals surface area contributed by atoms with Crippen LogP contribution in [0.1, 0.15) is 51.0 Å². The number of para-hydroxylation sites is 1. The fourth-order valence-electron chi connectivity index (χ4n) is 8.21. The maximum Gasteiger partial charge on any atom is 0.312 e. The molecule has 0 radical (unpaired) electrons. The number of aliphatic hydroxyl groups is 1. The lowest BCUT2D eigenvalue weighted by Gasteiger charge is -2.39. The molecule has 11 heteroatoms. The van der Waals surface area contributed by atoms with Gasteiger partial charge < -0.3 is 24.4 Å². The van der Waals surface area contributed by atoms with Gasteiger partial charge >= 0.3 is 5.97 Å². The van der Waals surface area contributed by atoms with E-state index in [2.05, 4.69) is 23.5 Å². The van der Waals surface area contributed by atoms with Crippen LogP contribution in [-0.2, 0) is 36.9 Å². The summed E-state index contributed by atoms with van der Waals surface area (Å²) in [6.07, 6.45) is 7.55. The number of aromatic nitrogens is 3. The summed E-state index contributed by atoms with van der Waals surface area (Å²) >= 11 is 0. The molecule has 2 amide bonds. The molecule has 2 bridgehead atoms. The molecule has 4 heterocycles. The van der Waals surface area contributed by atoms with Crippen molar-refractivity contribution in [1.29, 1.82) is 0 Å². The number of ether oxygens (including phenoxy) is 2. The number of unbranched alkanes of at least 4 members (excludes halogenated alkanes) is 2. The Morgan fingerprint density at radius 2 is 1.90 bits per heavy atom. The van der Waals surface area contributed by atoms with Crippen LogP contribution < -0.4 is 0 Å². The molecule has 3 aliphatic rings. The minimum atomic E-state index is -1.27. The SMILES string of the molecule is C=CCCCCOC(=O)[C@@H]1[C@H]2C(=O)N([C@@H](CO)Cc3ccccc3)C(C(=O)N(CC=C)Cn3nnc4ccccc43)C23CC[C@@]1(CC)O3. The minimum Gasteiger partial charge on any atom is -0.465 e. The standard InChI is InChI=1S/C37H45N5O6/c1-4-7-8-14-22-47-35(46)31-30-33(44)42(27(24-43)23-26-15-10-9-11-16-26)32(37(30)20-19-36(31,6-3)48-37)34(45)40(21-5-2)25-41-29-18-13-12-17-28(29)38-39-41/h4-5,9-13,15-18,27,30-32,43H,1-2,6-8,14,19-25H2,3H3/t27-,30+,31+,32?,36-,37?/m1/s1. The van der Waals surface area contributed by atoms with Gasteiger partial charge in [-0.2, -0.15) is 0 Å². The molecular formula is C37H45N5O6. The van der Waals surface area contributed by atoms with Gasteiger partial charge in [-0.05, 0) is 62.6 Å². The third-order valence-corrected chi connectivity index (χ3v) is 10.5. The number of nitrogens with zero attached hydrogens (tertiary/aromatic N) is 5. The van der Waals surface area contributed by atoms with Gasteiger partial charge in [0.05, 0.1) is 36.3 Å². The third-order valence-electron chi connectivity index (χ3n) is 10.5. The Bertz CT molecular complexity index is 1660. The van der Waals surface area contributed by atoms with Crippen LogP contribution in [-0.4, -0.2) is 90.7 Å². The van der Waals surface area contributed by atoms with Gasteiger partial charge in [0.15, 0.2) is 0 Å². The van der Waals surface area contributed by atoms with Crippen LogP contribution >= 0.6 is 0 Å². The number of hydrogen-bond acceptors (Lipinski definition) is 8. The van der Waals surface area contributed by atoms with Gasteiger partial charge in [0.25, 0.3) is 0 Å². The van der Waals surface area contributed by atoms with Crippen molar-refractivity contribution in [2.24, 2.45) is 11.8 Å². The van der Waals surface area contributed by atoms with Gasteiger partial charge in [-0.1, -0.05) is 66.8 Å². The Kier molecular flexibility index (Phi) is 9.80. The van der Waals surface area contributed by atoms with E-state index in [-0.39, 0.29) is 38.2 Å². The molecule has 3 fully saturated rings. The van der Waals surface area contributed by atoms with E-state index in [1.165, 1.54) is 4.90 Å². The van der Waals surface area contributed by atoms with E-state index in [4.69, 9.17) is 9.47 Å². The van der Waals surface area contributed by atoms with E-state index in [0.29, 0.717) is 37.6 Å². The van der Waals surface area contributed by atoms with Gasteiger partial charge in [0.1, 0.15) is 29.7 Å². The van der Waals surface area contributed by atoms with E-state index in [1.807, 2.05) is 67.6 Å². The van der Waals surface area contributed by atoms with Crippen LogP contribution in [0.3, 0.4) is 0 Å². The summed E-state index contributed by atoms with van der Waals surface area (Å²) in [4.78, 5) is 46.9. The number of carbonyl (C=O) groups is 3. The van der Waals surface area contributed by atoms with Crippen LogP contribution in [0.2, 0.25) is 0 Å². The number of esters is 1. The quantitative estimate of drug-likeness (QED) is 0.139. The Morgan fingerprint density at radius 1 is 1.12 bits per heavy atom. The van der Waals surface area contributed by atoms with Gasteiger partial charge in [0.2, 0.25) is 11.8 Å². The van der Waals surface area contributed by atoms with Crippen molar-refractivity contribution in [1.82, 2.24) is 24.8 Å². The fourth-order valence-corrected chi connectivity index (χ4v) is 8.21. The molecule has 1 spiro atoms. The van der Waals surface area contributed by atoms with Crippen molar-refractivity contribution < 1.29 is 29.0 Å². The monoisotopic (exact) mass is 655 g/mol. The molecule has 2 unspecified atom stereocenters. The number of benzene rings is 2. The number of likely N-dealkylation sites (tertiary alicyclic amines) is 1. The molecule has 6 rings (SSSR count). The zero-order valence-electron chi connectivity index (χ0n) is 27.6. The van der Waals surface area contributed by atoms with Gasteiger partial charge in [-0.3, -0.25) is 14.4 Å². The van der Waals surface area contributed by atoms with Crippen molar-refractivity contribution in [2.75, 3.05) is 19.8 Å². The first kappa shape index (κ1) is 33.5. The van der Waals surface area contributed by atoms with Crippen LogP contribution in [0.4, 0.5) is 0 Å². The molecule has 254 valence electrons. The first-order chi connectivity index (χ1) is 23.3. The summed E-state index contributed by atoms with van der Waals surface area (Å²) in [5.41, 5.74) is 0.156. The Hall–Kier alpha value is -4.35. The van der Waals surface area contributed by atoms with E-state index in [1.54, 1.807) is 15.7 Å². The third kappa shape index (κ3) is 5.72. The highest BCUT2D eigenvalue weighted by atomic mass is 16.6. The minimum absolute atomic E-state index is 0.0578. The van der Waals surface area contributed by atoms with E-state index >= 15 is 4.79 Å². The Balaban J connectivity index is 1.39. The van der Waals surface area contributed by atoms with Crippen molar-refractivity contribution in [2.45, 2.75) is 81.8 Å². The predicted octanol–water partition coefficient (Wildman–Crippen LogP) is 4.06. The summed E-state index contributed by atoms with van der Waals surface area (Å²) in [5, 5.41) is 19.4. The highest BCUT2D eigenvalue weighted by Crippen LogP contribution is 2.65. The summed E-state index contributed by atoms with van der Waals surface area (Å²) in [6.45, 7) is 9.69. The fraction of sp³-hybridized carbons (Fsp3) is 0.486. The molecule has 48 heavy (non-hydrogen) atoms. The zero-order valence-corrected chi connectivity index (χ0v) is 27.6. The lowest BCUT2D eigenvalue weighted by molar-refractivity contribution is -0.164. The molecule has 0 aliphatic carbocycles. The molecule has 1 aromatic heterocycles. The smallest absolute Gasteiger partial charge is 0.312 e. The number of allylic oxidation sites excluding steroid dienone is 1. The van der Waals surface area contributed by atoms with Crippen LogP contribution in [0.15, 0.2) is 79.9 Å². The molecule has 3 saturated heterocycles. The van der Waals surface area contributed by atoms with Crippen LogP contribution in [0.5, 0.6) is 0 Å². The van der Waals surface area contributed by atoms with Crippen molar-refractivity contribution >= 4 is 28.8 Å². The lowest BCUT2D eigenvalue weighted by atomic mass is 9.65. The largest absolute Gasteiger partial charge is 0.465 e. The predicted molar refractivity (Wildman–Crippen MR) is 179 cm³/mol. The summed E-state index contributed by atoms with van der Waals surface area (Å²) in [5.74, 6) is -2.99. The number of hydrogen-bond donors (Lipinski definition) is 1. The lowest BCUT2D eigenvalue weighted by Crippen LogP contribution is -2.59. The Labute approximate surface area is 281 Å². The maximum absolute atomic E-state index is 15.0. The number of fused-ring (bicyclic) bond motifs is 2. The maximum atomic E-state index is 15.0. The van der Waals surface area contributed by atoms with E-state index in [9.17, 15) is 14.7 Å². The van der Waals surface area contributed by atoms with Crippen molar-refractivity contribution in [3.05, 3.63) is 85.5 Å². The first-order valence-electron chi connectivity index (χ1n) is 17.0. The topological polar surface area (TPSA) is 127 Å². The molecule has 1 N–H and O–H groups in total. The normalized spacial score (nSPS) is 26.4. The highest BCUT2D eigenvalue weighted by Gasteiger charge is 2.79. The Morgan fingerprint density at radius 3 is 2.62 bits per heavy atom. The molecule has 6 atom stereocenters. The molecular weight excluding hydrogens is 610 g/mol. The summed E-state index contributed by atoms with van der Waals surface area (Å²) < 4.78 is 14.4. The van der Waals surface area contributed by atoms with Gasteiger partial charge in [-0.15, -0.1) is 18.3 Å². The number of rotatable bonds is 16. The van der Waals surface area contributed by atoms with Gasteiger partial charge in [-0.25, -0.2) is 4.68 Å². The number of amides is 2. The van der Waals surface area contributed by atoms with Crippen LogP contribution in [0, 0.1) is 11.8 Å². The van der Waals surface area contributed by atoms with E-state index in [0.717, 1.165) is 23.9 Å². The first-order valence-corrected chi connectivity index (χ1v) is 17.0. The highest BCUT2D eigenvalue weighted by molar-refractivity contribution is 5.98. The molecule has 11 nitrogen and oxygen atoms in total. The molecule has 3 aliphatic heterocycles. The number of carbonyl (C=O) groups excluding carboxylic acids is 3. The second-order valence-corrected chi connectivity index (χ2v) is 13.1. The summed E-state index contributed by atoms with van der Waals surface area (Å²) in [7, 11) is 0. The second kappa shape index (κ2) is 14.0. The van der Waals surface area contributed by atoms with Crippen LogP contribution in [0.25, 0.3) is 11.0 Å². The van der Waals surface area contributed by atoms with Crippen molar-refractivity contribution in [3.63, 3.8) is 0 Å². The average Bonchev–Trinajstić information content (AvgIpc) is 3.84. The molecule has 3 aromatic rings. The summed E-state index contributed by atoms with van der Waals surface area (Å²) in [6, 6.07) is 15.2. The van der Waals surface area contributed by atoms with Crippen molar-refractivity contribution in [3.8, 4) is 0 Å². The molecule has 0 saturated carbocycles. The van der Waals surface area contributed by atoms with Gasteiger partial charge in [0, 0.05) is 6.54 Å². The zero-order chi connectivity index (χ0) is 33.9. The average molecular weight is 656 g/mol. The second-order valence-electron chi connectivity index (χ2n) is 13.1. The number of aliphatic hydroxyl groups excluding tert-OH is 1. The van der Waals surface area contributed by atoms with E-state index < -0.39 is 41.1 Å².